The number of fused-ring (bicyclic) bond motifs is 5. The van der Waals surface area contributed by atoms with Crippen LogP contribution in [0.25, 0.3) is 0 Å². The third-order valence-corrected chi connectivity index (χ3v) is 7.63. The Balaban J connectivity index is 1.51. The molecule has 142 valence electrons. The van der Waals surface area contributed by atoms with Crippen molar-refractivity contribution in [1.29, 1.82) is 0 Å². The maximum atomic E-state index is 12.2. The number of phenolic OH excluding ortho intramolecular Hbond substituents is 1. The molecule has 3 nitrogen and oxygen atoms in total. The Bertz CT molecular complexity index is 682. The van der Waals surface area contributed by atoms with Gasteiger partial charge in [-0.15, -0.1) is 0 Å². The van der Waals surface area contributed by atoms with E-state index in [1.54, 1.807) is 0 Å². The van der Waals surface area contributed by atoms with Crippen LogP contribution in [0.5, 0.6) is 5.75 Å². The van der Waals surface area contributed by atoms with E-state index in [2.05, 4.69) is 19.9 Å². The molecule has 26 heavy (non-hydrogen) atoms. The Hall–Kier alpha value is -1.51. The van der Waals surface area contributed by atoms with Crippen molar-refractivity contribution >= 4 is 5.97 Å². The number of aryl methyl sites for hydroxylation is 1. The van der Waals surface area contributed by atoms with Gasteiger partial charge >= 0.3 is 5.97 Å². The van der Waals surface area contributed by atoms with Gasteiger partial charge < -0.3 is 9.84 Å². The predicted molar refractivity (Wildman–Crippen MR) is 102 cm³/mol. The number of phenols is 1. The van der Waals surface area contributed by atoms with Crippen molar-refractivity contribution in [3.63, 3.8) is 0 Å². The molecular formula is C23H32O3. The van der Waals surface area contributed by atoms with E-state index in [0.717, 1.165) is 32.1 Å². The monoisotopic (exact) mass is 356 g/mol. The van der Waals surface area contributed by atoms with Crippen molar-refractivity contribution in [2.45, 2.75) is 83.7 Å². The first-order valence-electron chi connectivity index (χ1n) is 10.5. The highest BCUT2D eigenvalue weighted by Gasteiger charge is 2.56. The highest BCUT2D eigenvalue weighted by molar-refractivity contribution is 5.69. The molecule has 1 aromatic carbocycles. The van der Waals surface area contributed by atoms with E-state index in [1.807, 2.05) is 12.1 Å². The number of unbranched alkanes of at least 4 members (excludes halogenated alkanes) is 1. The maximum Gasteiger partial charge on any atom is 0.306 e. The van der Waals surface area contributed by atoms with E-state index >= 15 is 0 Å². The molecule has 0 aromatic heterocycles. The van der Waals surface area contributed by atoms with Crippen LogP contribution in [-0.4, -0.2) is 17.2 Å². The van der Waals surface area contributed by atoms with Crippen molar-refractivity contribution in [2.24, 2.45) is 17.3 Å². The lowest BCUT2D eigenvalue weighted by Gasteiger charge is -2.50. The van der Waals surface area contributed by atoms with Crippen molar-refractivity contribution in [2.75, 3.05) is 0 Å². The number of esters is 1. The number of rotatable bonds is 4. The van der Waals surface area contributed by atoms with Gasteiger partial charge in [0.2, 0.25) is 0 Å². The van der Waals surface area contributed by atoms with Crippen LogP contribution in [0, 0.1) is 17.3 Å². The SMILES string of the molecule is CCCCC(=O)O[C@H]1CCC2C3CCc4cc(O)ccc4C3CC[C@@]21C. The summed E-state index contributed by atoms with van der Waals surface area (Å²) >= 11 is 0. The van der Waals surface area contributed by atoms with Crippen LogP contribution in [-0.2, 0) is 16.0 Å². The molecule has 0 radical (unpaired) electrons. The van der Waals surface area contributed by atoms with Crippen LogP contribution in [0.3, 0.4) is 0 Å². The van der Waals surface area contributed by atoms with E-state index in [4.69, 9.17) is 4.74 Å². The molecule has 0 bridgehead atoms. The molecule has 3 heteroatoms. The highest BCUT2D eigenvalue weighted by Crippen LogP contribution is 2.61. The van der Waals surface area contributed by atoms with E-state index < -0.39 is 0 Å². The van der Waals surface area contributed by atoms with Crippen LogP contribution in [0.4, 0.5) is 0 Å². The summed E-state index contributed by atoms with van der Waals surface area (Å²) in [6.07, 6.45) is 9.47. The zero-order chi connectivity index (χ0) is 18.3. The molecule has 0 heterocycles. The lowest BCUT2D eigenvalue weighted by molar-refractivity contribution is -0.157. The number of aromatic hydroxyl groups is 1. The molecule has 3 aliphatic carbocycles. The van der Waals surface area contributed by atoms with Gasteiger partial charge in [-0.3, -0.25) is 4.79 Å². The Morgan fingerprint density at radius 2 is 2.12 bits per heavy atom. The van der Waals surface area contributed by atoms with Crippen LogP contribution < -0.4 is 0 Å². The summed E-state index contributed by atoms with van der Waals surface area (Å²) in [5.41, 5.74) is 2.96. The fourth-order valence-electron chi connectivity index (χ4n) is 6.25. The number of ether oxygens (including phenoxy) is 1. The van der Waals surface area contributed by atoms with Gasteiger partial charge in [0.1, 0.15) is 11.9 Å². The van der Waals surface area contributed by atoms with Crippen molar-refractivity contribution in [3.05, 3.63) is 29.3 Å². The molecule has 0 spiro atoms. The third-order valence-electron chi connectivity index (χ3n) is 7.63. The van der Waals surface area contributed by atoms with Crippen LogP contribution in [0.15, 0.2) is 18.2 Å². The fourth-order valence-corrected chi connectivity index (χ4v) is 6.25. The number of benzene rings is 1. The van der Waals surface area contributed by atoms with Crippen LogP contribution >= 0.6 is 0 Å². The first kappa shape index (κ1) is 17.9. The molecule has 0 amide bonds. The van der Waals surface area contributed by atoms with Gasteiger partial charge in [-0.05, 0) is 86.0 Å². The van der Waals surface area contributed by atoms with Gasteiger partial charge in [-0.1, -0.05) is 26.3 Å². The minimum atomic E-state index is 0.00492. The zero-order valence-corrected chi connectivity index (χ0v) is 16.2. The van der Waals surface area contributed by atoms with E-state index in [9.17, 15) is 9.90 Å². The van der Waals surface area contributed by atoms with E-state index in [0.29, 0.717) is 29.9 Å². The van der Waals surface area contributed by atoms with Gasteiger partial charge in [0, 0.05) is 11.8 Å². The molecule has 0 saturated heterocycles. The maximum absolute atomic E-state index is 12.2. The summed E-state index contributed by atoms with van der Waals surface area (Å²) < 4.78 is 5.98. The molecule has 3 aliphatic rings. The summed E-state index contributed by atoms with van der Waals surface area (Å²) in [4.78, 5) is 12.2. The first-order valence-corrected chi connectivity index (χ1v) is 10.5. The van der Waals surface area contributed by atoms with Gasteiger partial charge in [-0.25, -0.2) is 0 Å². The number of carbonyl (C=O) groups excluding carboxylic acids is 1. The lowest BCUT2D eigenvalue weighted by Crippen LogP contribution is -2.45. The molecule has 0 aliphatic heterocycles. The molecule has 1 N–H and O–H groups in total. The fraction of sp³-hybridized carbons (Fsp3) is 0.696. The van der Waals surface area contributed by atoms with Gasteiger partial charge in [0.15, 0.2) is 0 Å². The molecule has 3 unspecified atom stereocenters. The molecule has 4 rings (SSSR count). The van der Waals surface area contributed by atoms with Crippen molar-refractivity contribution in [3.8, 4) is 5.75 Å². The van der Waals surface area contributed by atoms with E-state index in [-0.39, 0.29) is 17.5 Å². The minimum Gasteiger partial charge on any atom is -0.508 e. The average Bonchev–Trinajstić information content (AvgIpc) is 2.96. The Morgan fingerprint density at radius 1 is 1.27 bits per heavy atom. The Morgan fingerprint density at radius 3 is 2.92 bits per heavy atom. The summed E-state index contributed by atoms with van der Waals surface area (Å²) in [5.74, 6) is 2.37. The van der Waals surface area contributed by atoms with Crippen molar-refractivity contribution in [1.82, 2.24) is 0 Å². The average molecular weight is 357 g/mol. The van der Waals surface area contributed by atoms with Gasteiger partial charge in [0.05, 0.1) is 0 Å². The number of carbonyl (C=O) groups is 1. The van der Waals surface area contributed by atoms with E-state index in [1.165, 1.54) is 30.4 Å². The Labute approximate surface area is 157 Å². The minimum absolute atomic E-state index is 0.00492. The van der Waals surface area contributed by atoms with Gasteiger partial charge in [-0.2, -0.15) is 0 Å². The van der Waals surface area contributed by atoms with Crippen LogP contribution in [0.2, 0.25) is 0 Å². The molecule has 1 aromatic rings. The third kappa shape index (κ3) is 2.93. The second-order valence-electron chi connectivity index (χ2n) is 9.00. The molecule has 5 atom stereocenters. The number of hydrogen-bond acceptors (Lipinski definition) is 3. The predicted octanol–water partition coefficient (Wildman–Crippen LogP) is 5.35. The van der Waals surface area contributed by atoms with Crippen LogP contribution in [0.1, 0.15) is 82.3 Å². The second-order valence-corrected chi connectivity index (χ2v) is 9.00. The topological polar surface area (TPSA) is 46.5 Å². The molecular weight excluding hydrogens is 324 g/mol. The van der Waals surface area contributed by atoms with Crippen molar-refractivity contribution < 1.29 is 14.6 Å². The first-order chi connectivity index (χ1) is 12.5. The number of hydrogen-bond donors (Lipinski definition) is 1. The second kappa shape index (κ2) is 6.90. The summed E-state index contributed by atoms with van der Waals surface area (Å²) in [5, 5.41) is 9.81. The lowest BCUT2D eigenvalue weighted by atomic mass is 9.55. The summed E-state index contributed by atoms with van der Waals surface area (Å²) in [7, 11) is 0. The van der Waals surface area contributed by atoms with Gasteiger partial charge in [0.25, 0.3) is 0 Å². The normalized spacial score (nSPS) is 35.3. The largest absolute Gasteiger partial charge is 0.508 e. The highest BCUT2D eigenvalue weighted by atomic mass is 16.5. The standard InChI is InChI=1S/C23H32O3/c1-3-4-5-22(25)26-21-11-10-20-19-8-6-15-14-16(24)7-9-17(15)18(19)12-13-23(20,21)2/h7,9,14,18-21,24H,3-6,8,10-13H2,1-2H3/t18?,19?,20?,21-,23-/m0/s1. The summed E-state index contributed by atoms with van der Waals surface area (Å²) in [6, 6.07) is 5.97. The smallest absolute Gasteiger partial charge is 0.306 e. The summed E-state index contributed by atoms with van der Waals surface area (Å²) in [6.45, 7) is 4.49. The zero-order valence-electron chi connectivity index (χ0n) is 16.2. The molecule has 2 fully saturated rings. The quantitative estimate of drug-likeness (QED) is 0.740. The molecule has 2 saturated carbocycles. The Kier molecular flexibility index (Phi) is 4.75.